The zero-order chi connectivity index (χ0) is 35.3. The number of aliphatic imine (C=N–C) groups is 1. The number of aromatic nitrogens is 4. The molecular formula is C47H35N5O. The highest BCUT2D eigenvalue weighted by molar-refractivity contribution is 6.23. The van der Waals surface area contributed by atoms with Crippen LogP contribution >= 0.6 is 0 Å². The zero-order valence-electron chi connectivity index (χ0n) is 29.3. The molecule has 0 saturated heterocycles. The van der Waals surface area contributed by atoms with E-state index in [2.05, 4.69) is 96.4 Å². The summed E-state index contributed by atoms with van der Waals surface area (Å²) in [6.07, 6.45) is 10.6. The van der Waals surface area contributed by atoms with Crippen molar-refractivity contribution in [1.29, 1.82) is 0 Å². The van der Waals surface area contributed by atoms with Crippen molar-refractivity contribution in [1.82, 2.24) is 19.5 Å². The number of allylic oxidation sites excluding steroid dienone is 4. The van der Waals surface area contributed by atoms with Crippen LogP contribution in [0.15, 0.2) is 172 Å². The maximum absolute atomic E-state index is 6.89. The molecule has 0 radical (unpaired) electrons. The molecule has 6 nitrogen and oxygen atoms in total. The van der Waals surface area contributed by atoms with Gasteiger partial charge in [0, 0.05) is 45.3 Å². The molecule has 6 heteroatoms. The van der Waals surface area contributed by atoms with Crippen molar-refractivity contribution >= 4 is 38.5 Å². The standard InChI is InChI=1S/C47H35N5O/c1-30-26-27-40-42(44(32-18-8-3-9-19-32)48-43(30)31-16-6-2-7-17-31)37-28-36-35-24-14-15-25-38(35)52(39(36)29-41(37)53-40)47-50-45(33-20-10-4-11-21-33)49-46(51-47)34-22-12-5-13-23-34/h3-6,8-25,28-29H,2,7,26-27H2,1H3/b43-30+,48-44?. The van der Waals surface area contributed by atoms with Crippen LogP contribution in [0.3, 0.4) is 0 Å². The Hall–Kier alpha value is -6.66. The Kier molecular flexibility index (Phi) is 7.53. The molecule has 1 aliphatic heterocycles. The second kappa shape index (κ2) is 12.8. The number of hydrogen-bond donors (Lipinski definition) is 0. The fourth-order valence-electron chi connectivity index (χ4n) is 7.75. The third-order valence-electron chi connectivity index (χ3n) is 10.4. The van der Waals surface area contributed by atoms with Crippen molar-refractivity contribution in [3.8, 4) is 28.7 Å². The summed E-state index contributed by atoms with van der Waals surface area (Å²) in [6, 6.07) is 43.7. The molecule has 3 aromatic heterocycles. The molecular weight excluding hydrogens is 651 g/mol. The highest BCUT2D eigenvalue weighted by atomic mass is 16.3. The van der Waals surface area contributed by atoms with Gasteiger partial charge in [0.25, 0.3) is 0 Å². The van der Waals surface area contributed by atoms with Crippen molar-refractivity contribution < 1.29 is 4.42 Å². The van der Waals surface area contributed by atoms with Gasteiger partial charge in [-0.3, -0.25) is 4.57 Å². The molecule has 10 rings (SSSR count). The Bertz CT molecular complexity index is 2760. The summed E-state index contributed by atoms with van der Waals surface area (Å²) in [4.78, 5) is 20.7. The summed E-state index contributed by atoms with van der Waals surface area (Å²) in [7, 11) is 0. The number of furan rings is 1. The fourth-order valence-corrected chi connectivity index (χ4v) is 7.75. The lowest BCUT2D eigenvalue weighted by Gasteiger charge is -2.18. The summed E-state index contributed by atoms with van der Waals surface area (Å²) in [6.45, 7) is 2.21. The van der Waals surface area contributed by atoms with Crippen LogP contribution < -0.4 is 0 Å². The first-order valence-electron chi connectivity index (χ1n) is 18.3. The lowest BCUT2D eigenvalue weighted by Crippen LogP contribution is -2.10. The molecule has 0 fully saturated rings. The highest BCUT2D eigenvalue weighted by Gasteiger charge is 2.26. The molecule has 4 heterocycles. The fraction of sp³-hybridized carbons (Fsp3) is 0.106. The van der Waals surface area contributed by atoms with E-state index in [1.54, 1.807) is 0 Å². The van der Waals surface area contributed by atoms with Crippen LogP contribution in [-0.2, 0) is 6.42 Å². The lowest BCUT2D eigenvalue weighted by molar-refractivity contribution is 0.545. The average Bonchev–Trinajstić information content (AvgIpc) is 3.74. The number of aryl methyl sites for hydroxylation is 1. The molecule has 0 N–H and O–H groups in total. The molecule has 0 spiro atoms. The SMILES string of the molecule is C/C1=C(/C2=CCCC=C2)N=C(c2ccccc2)c2c(oc3cc4c(cc23)c2ccccc2n4-c2nc(-c3ccccc3)nc(-c3ccccc3)n2)CC1. The number of hydrogen-bond acceptors (Lipinski definition) is 5. The molecule has 0 amide bonds. The number of nitrogens with zero attached hydrogens (tertiary/aromatic N) is 5. The van der Waals surface area contributed by atoms with Crippen molar-refractivity contribution in [3.63, 3.8) is 0 Å². The number of benzene rings is 5. The number of para-hydroxylation sites is 1. The molecule has 8 aromatic rings. The zero-order valence-corrected chi connectivity index (χ0v) is 29.3. The lowest BCUT2D eigenvalue weighted by atomic mass is 9.92. The first-order valence-corrected chi connectivity index (χ1v) is 18.3. The van der Waals surface area contributed by atoms with Gasteiger partial charge in [0.05, 0.1) is 28.0 Å². The monoisotopic (exact) mass is 685 g/mol. The Labute approximate surface area is 307 Å². The third kappa shape index (κ3) is 5.42. The Morgan fingerprint density at radius 2 is 1.26 bits per heavy atom. The van der Waals surface area contributed by atoms with Crippen LogP contribution in [0.2, 0.25) is 0 Å². The van der Waals surface area contributed by atoms with Crippen LogP contribution in [0.25, 0.3) is 61.5 Å². The predicted molar refractivity (Wildman–Crippen MR) is 214 cm³/mol. The third-order valence-corrected chi connectivity index (χ3v) is 10.4. The molecule has 1 aliphatic carbocycles. The van der Waals surface area contributed by atoms with Gasteiger partial charge in [0.1, 0.15) is 11.3 Å². The van der Waals surface area contributed by atoms with Gasteiger partial charge in [0.15, 0.2) is 11.6 Å². The van der Waals surface area contributed by atoms with Crippen LogP contribution in [0.1, 0.15) is 43.1 Å². The molecule has 254 valence electrons. The van der Waals surface area contributed by atoms with Gasteiger partial charge in [-0.1, -0.05) is 127 Å². The Morgan fingerprint density at radius 1 is 0.604 bits per heavy atom. The van der Waals surface area contributed by atoms with Gasteiger partial charge < -0.3 is 4.42 Å². The minimum atomic E-state index is 0.554. The topological polar surface area (TPSA) is 69.1 Å². The van der Waals surface area contributed by atoms with E-state index in [4.69, 9.17) is 24.4 Å². The van der Waals surface area contributed by atoms with Crippen molar-refractivity contribution in [2.24, 2.45) is 4.99 Å². The van der Waals surface area contributed by atoms with Crippen LogP contribution in [-0.4, -0.2) is 25.2 Å². The van der Waals surface area contributed by atoms with E-state index in [1.807, 2.05) is 60.7 Å². The molecule has 0 atom stereocenters. The molecule has 5 aromatic carbocycles. The second-order valence-corrected chi connectivity index (χ2v) is 13.7. The molecule has 2 aliphatic rings. The number of rotatable bonds is 5. The first kappa shape index (κ1) is 31.1. The summed E-state index contributed by atoms with van der Waals surface area (Å²) in [5.41, 5.74) is 11.3. The van der Waals surface area contributed by atoms with Gasteiger partial charge in [0.2, 0.25) is 5.95 Å². The van der Waals surface area contributed by atoms with Crippen molar-refractivity contribution in [2.75, 3.05) is 0 Å². The second-order valence-electron chi connectivity index (χ2n) is 13.7. The van der Waals surface area contributed by atoms with Gasteiger partial charge in [-0.2, -0.15) is 9.97 Å². The van der Waals surface area contributed by atoms with Crippen LogP contribution in [0.5, 0.6) is 0 Å². The van der Waals surface area contributed by atoms with E-state index >= 15 is 0 Å². The summed E-state index contributed by atoms with van der Waals surface area (Å²) >= 11 is 0. The van der Waals surface area contributed by atoms with E-state index < -0.39 is 0 Å². The van der Waals surface area contributed by atoms with E-state index in [-0.39, 0.29) is 0 Å². The normalized spacial score (nSPS) is 16.0. The van der Waals surface area contributed by atoms with E-state index in [1.165, 1.54) is 11.1 Å². The Balaban J connectivity index is 1.24. The van der Waals surface area contributed by atoms with Gasteiger partial charge in [-0.25, -0.2) is 9.98 Å². The Morgan fingerprint density at radius 3 is 1.94 bits per heavy atom. The van der Waals surface area contributed by atoms with Crippen molar-refractivity contribution in [3.05, 3.63) is 179 Å². The summed E-state index contributed by atoms with van der Waals surface area (Å²) in [5, 5.41) is 3.26. The molecule has 0 unspecified atom stereocenters. The predicted octanol–water partition coefficient (Wildman–Crippen LogP) is 11.4. The van der Waals surface area contributed by atoms with Crippen molar-refractivity contribution in [2.45, 2.75) is 32.6 Å². The molecule has 53 heavy (non-hydrogen) atoms. The molecule has 0 saturated carbocycles. The maximum atomic E-state index is 6.89. The first-order chi connectivity index (χ1) is 26.2. The van der Waals surface area contributed by atoms with Gasteiger partial charge in [-0.15, -0.1) is 0 Å². The van der Waals surface area contributed by atoms with E-state index in [0.717, 1.165) is 97.9 Å². The minimum absolute atomic E-state index is 0.554. The van der Waals surface area contributed by atoms with E-state index in [9.17, 15) is 0 Å². The highest BCUT2D eigenvalue weighted by Crippen LogP contribution is 2.40. The average molecular weight is 686 g/mol. The summed E-state index contributed by atoms with van der Waals surface area (Å²) in [5.74, 6) is 2.74. The maximum Gasteiger partial charge on any atom is 0.238 e. The minimum Gasteiger partial charge on any atom is -0.460 e. The van der Waals surface area contributed by atoms with Crippen LogP contribution in [0.4, 0.5) is 0 Å². The van der Waals surface area contributed by atoms with E-state index in [0.29, 0.717) is 17.6 Å². The quantitative estimate of drug-likeness (QED) is 0.181. The summed E-state index contributed by atoms with van der Waals surface area (Å²) < 4.78 is 9.04. The van der Waals surface area contributed by atoms with Crippen LogP contribution in [0, 0.1) is 0 Å². The smallest absolute Gasteiger partial charge is 0.238 e. The van der Waals surface area contributed by atoms with Gasteiger partial charge in [-0.05, 0) is 49.5 Å². The molecule has 0 bridgehead atoms. The van der Waals surface area contributed by atoms with Gasteiger partial charge >= 0.3 is 0 Å². The largest absolute Gasteiger partial charge is 0.460 e. The number of fused-ring (bicyclic) bond motifs is 6.